The van der Waals surface area contributed by atoms with Crippen molar-refractivity contribution in [3.05, 3.63) is 172 Å². The van der Waals surface area contributed by atoms with Crippen molar-refractivity contribution >= 4 is 50.3 Å². The minimum atomic E-state index is -0.502. The Hall–Kier alpha value is -6.28. The second kappa shape index (κ2) is 10.8. The first kappa shape index (κ1) is 26.4. The Balaban J connectivity index is 1.50. The highest BCUT2D eigenvalue weighted by Gasteiger charge is 2.37. The molecule has 2 aromatic heterocycles. The van der Waals surface area contributed by atoms with Gasteiger partial charge in [-0.05, 0) is 41.0 Å². The Morgan fingerprint density at radius 2 is 1.07 bits per heavy atom. The Labute approximate surface area is 258 Å². The van der Waals surface area contributed by atoms with E-state index < -0.39 is 5.92 Å². The summed E-state index contributed by atoms with van der Waals surface area (Å²) in [6, 6.07) is 42.9. The maximum absolute atomic E-state index is 12.1. The van der Waals surface area contributed by atoms with Crippen LogP contribution < -0.4 is 5.32 Å². The highest BCUT2D eigenvalue weighted by Crippen LogP contribution is 2.51. The van der Waals surface area contributed by atoms with Crippen LogP contribution in [0.2, 0.25) is 0 Å². The summed E-state index contributed by atoms with van der Waals surface area (Å²) in [4.78, 5) is 29.0. The molecule has 1 aliphatic rings. The zero-order chi connectivity index (χ0) is 30.3. The van der Waals surface area contributed by atoms with Crippen LogP contribution in [0.25, 0.3) is 44.6 Å². The number of aromatic amines is 2. The van der Waals surface area contributed by atoms with Crippen LogP contribution in [0, 0.1) is 10.1 Å². The lowest BCUT2D eigenvalue weighted by molar-refractivity contribution is -0.384. The molecule has 0 amide bonds. The van der Waals surface area contributed by atoms with Crippen LogP contribution in [-0.2, 0) is 0 Å². The largest absolute Gasteiger partial charge is 0.354 e. The number of imidazole rings is 2. The first-order valence-electron chi connectivity index (χ1n) is 14.6. The van der Waals surface area contributed by atoms with Gasteiger partial charge < -0.3 is 15.3 Å². The number of para-hydroxylation sites is 4. The molecule has 0 aliphatic carbocycles. The summed E-state index contributed by atoms with van der Waals surface area (Å²) in [6.07, 6.45) is 0. The molecule has 0 atom stereocenters. The fraction of sp³-hybridized carbons (Fsp3) is 0.0270. The standard InChI is InChI=1S/C37H26N6O2/c44-43(45)26-17-11-16-25(22-26)31-32(36-38-27-18-7-8-19-28(27)39-36)34(23-12-3-1-4-13-23)42-35(24-14-5-2-6-15-24)33(31)37-40-29-20-9-10-21-30(29)41-37/h1-22,31,42H,(H,38,39)(H,40,41). The van der Waals surface area contributed by atoms with Crippen molar-refractivity contribution < 1.29 is 4.92 Å². The van der Waals surface area contributed by atoms with Crippen molar-refractivity contribution in [3.63, 3.8) is 0 Å². The van der Waals surface area contributed by atoms with E-state index in [4.69, 9.17) is 9.97 Å². The van der Waals surface area contributed by atoms with Crippen LogP contribution in [0.3, 0.4) is 0 Å². The van der Waals surface area contributed by atoms with Crippen LogP contribution in [0.5, 0.6) is 0 Å². The second-order valence-electron chi connectivity index (χ2n) is 10.9. The molecule has 8 nitrogen and oxygen atoms in total. The molecule has 1 aliphatic heterocycles. The smallest absolute Gasteiger partial charge is 0.269 e. The third-order valence-electron chi connectivity index (χ3n) is 8.19. The monoisotopic (exact) mass is 586 g/mol. The molecule has 0 spiro atoms. The fourth-order valence-corrected chi connectivity index (χ4v) is 6.18. The summed E-state index contributed by atoms with van der Waals surface area (Å²) >= 11 is 0. The molecule has 7 aromatic rings. The van der Waals surface area contributed by atoms with E-state index in [-0.39, 0.29) is 10.6 Å². The molecule has 0 fully saturated rings. The van der Waals surface area contributed by atoms with E-state index in [9.17, 15) is 10.1 Å². The number of hydrogen-bond acceptors (Lipinski definition) is 5. The lowest BCUT2D eigenvalue weighted by atomic mass is 9.77. The van der Waals surface area contributed by atoms with Gasteiger partial charge in [-0.15, -0.1) is 0 Å². The quantitative estimate of drug-likeness (QED) is 0.134. The number of aromatic nitrogens is 4. The Kier molecular flexibility index (Phi) is 6.31. The summed E-state index contributed by atoms with van der Waals surface area (Å²) in [5.74, 6) is 0.831. The van der Waals surface area contributed by atoms with Crippen molar-refractivity contribution in [2.75, 3.05) is 0 Å². The van der Waals surface area contributed by atoms with Gasteiger partial charge in [0.1, 0.15) is 11.6 Å². The average molecular weight is 587 g/mol. The van der Waals surface area contributed by atoms with Crippen LogP contribution in [0.1, 0.15) is 34.3 Å². The molecule has 3 N–H and O–H groups in total. The number of allylic oxidation sites excluding steroid dienone is 2. The molecule has 45 heavy (non-hydrogen) atoms. The SMILES string of the molecule is O=[N+]([O-])c1cccc(C2C(c3nc4ccccc4[nH]3)=C(c3ccccc3)NC(c3ccccc3)=C2c2nc3ccccc3[nH]2)c1. The van der Waals surface area contributed by atoms with Crippen LogP contribution in [0.15, 0.2) is 133 Å². The molecule has 8 heteroatoms. The van der Waals surface area contributed by atoms with Gasteiger partial charge in [-0.25, -0.2) is 9.97 Å². The van der Waals surface area contributed by atoms with Gasteiger partial charge in [0.25, 0.3) is 5.69 Å². The van der Waals surface area contributed by atoms with Gasteiger partial charge >= 0.3 is 0 Å². The molecule has 0 saturated heterocycles. The minimum absolute atomic E-state index is 0.0152. The summed E-state index contributed by atoms with van der Waals surface area (Å²) in [5, 5.41) is 15.9. The number of nitro benzene ring substituents is 1. The highest BCUT2D eigenvalue weighted by atomic mass is 16.6. The van der Waals surface area contributed by atoms with Gasteiger partial charge in [0.2, 0.25) is 0 Å². The highest BCUT2D eigenvalue weighted by molar-refractivity contribution is 6.10. The third-order valence-corrected chi connectivity index (χ3v) is 8.19. The van der Waals surface area contributed by atoms with Gasteiger partial charge in [0, 0.05) is 29.2 Å². The van der Waals surface area contributed by atoms with E-state index in [1.807, 2.05) is 91.0 Å². The maximum atomic E-state index is 12.1. The van der Waals surface area contributed by atoms with Crippen molar-refractivity contribution in [1.29, 1.82) is 0 Å². The molecule has 0 bridgehead atoms. The first-order chi connectivity index (χ1) is 22.1. The fourth-order valence-electron chi connectivity index (χ4n) is 6.18. The normalized spacial score (nSPS) is 13.9. The summed E-state index contributed by atoms with van der Waals surface area (Å²) < 4.78 is 0. The second-order valence-corrected chi connectivity index (χ2v) is 10.9. The van der Waals surface area contributed by atoms with Gasteiger partial charge in [0.05, 0.1) is 38.4 Å². The third kappa shape index (κ3) is 4.65. The zero-order valence-electron chi connectivity index (χ0n) is 23.9. The van der Waals surface area contributed by atoms with Gasteiger partial charge in [-0.2, -0.15) is 0 Å². The summed E-state index contributed by atoms with van der Waals surface area (Å²) in [5.41, 5.74) is 9.54. The van der Waals surface area contributed by atoms with E-state index in [1.165, 1.54) is 6.07 Å². The topological polar surface area (TPSA) is 113 Å². The number of fused-ring (bicyclic) bond motifs is 2. The number of nitrogens with one attached hydrogen (secondary N) is 3. The molecule has 216 valence electrons. The Morgan fingerprint density at radius 1 is 0.578 bits per heavy atom. The molecular weight excluding hydrogens is 560 g/mol. The number of dihydropyridines is 1. The van der Waals surface area contributed by atoms with E-state index in [1.54, 1.807) is 12.1 Å². The summed E-state index contributed by atoms with van der Waals surface area (Å²) in [6.45, 7) is 0. The van der Waals surface area contributed by atoms with Gasteiger partial charge in [-0.1, -0.05) is 97.1 Å². The van der Waals surface area contributed by atoms with Crippen molar-refractivity contribution in [1.82, 2.24) is 25.3 Å². The number of nitro groups is 1. The number of benzene rings is 5. The number of nitrogens with zero attached hydrogens (tertiary/aromatic N) is 3. The number of hydrogen-bond donors (Lipinski definition) is 3. The number of rotatable bonds is 6. The lowest BCUT2D eigenvalue weighted by Gasteiger charge is -2.33. The van der Waals surface area contributed by atoms with E-state index in [0.717, 1.165) is 61.3 Å². The average Bonchev–Trinajstić information content (AvgIpc) is 3.73. The molecule has 0 saturated carbocycles. The molecule has 8 rings (SSSR count). The van der Waals surface area contributed by atoms with Crippen LogP contribution >= 0.6 is 0 Å². The first-order valence-corrected chi connectivity index (χ1v) is 14.6. The predicted molar refractivity (Wildman–Crippen MR) is 178 cm³/mol. The molecule has 5 aromatic carbocycles. The van der Waals surface area contributed by atoms with Crippen LogP contribution in [0.4, 0.5) is 5.69 Å². The Bertz CT molecular complexity index is 2080. The Morgan fingerprint density at radius 3 is 1.56 bits per heavy atom. The summed E-state index contributed by atoms with van der Waals surface area (Å²) in [7, 11) is 0. The van der Waals surface area contributed by atoms with Crippen molar-refractivity contribution in [3.8, 4) is 0 Å². The molecule has 0 radical (unpaired) electrons. The number of H-pyrrole nitrogens is 2. The van der Waals surface area contributed by atoms with Gasteiger partial charge in [0.15, 0.2) is 0 Å². The van der Waals surface area contributed by atoms with E-state index >= 15 is 0 Å². The molecule has 0 unspecified atom stereocenters. The predicted octanol–water partition coefficient (Wildman–Crippen LogP) is 8.17. The van der Waals surface area contributed by atoms with E-state index in [0.29, 0.717) is 11.6 Å². The zero-order valence-corrected chi connectivity index (χ0v) is 23.9. The molecule has 3 heterocycles. The van der Waals surface area contributed by atoms with Crippen molar-refractivity contribution in [2.45, 2.75) is 5.92 Å². The van der Waals surface area contributed by atoms with Gasteiger partial charge in [-0.3, -0.25) is 10.1 Å². The molecular formula is C37H26N6O2. The van der Waals surface area contributed by atoms with E-state index in [2.05, 4.69) is 39.6 Å². The lowest BCUT2D eigenvalue weighted by Crippen LogP contribution is -2.25. The maximum Gasteiger partial charge on any atom is 0.269 e. The van der Waals surface area contributed by atoms with Crippen molar-refractivity contribution in [2.24, 2.45) is 0 Å². The minimum Gasteiger partial charge on any atom is -0.354 e. The van der Waals surface area contributed by atoms with Crippen LogP contribution in [-0.4, -0.2) is 24.9 Å². The number of non-ortho nitro benzene ring substituents is 1.